The van der Waals surface area contributed by atoms with Gasteiger partial charge in [-0.15, -0.1) is 0 Å². The van der Waals surface area contributed by atoms with E-state index in [4.69, 9.17) is 4.42 Å². The third kappa shape index (κ3) is 4.97. The molecular formula is C20H22FN3O4. The summed E-state index contributed by atoms with van der Waals surface area (Å²) < 4.78 is 18.0. The number of rotatable bonds is 6. The van der Waals surface area contributed by atoms with E-state index in [1.165, 1.54) is 30.5 Å². The lowest BCUT2D eigenvalue weighted by molar-refractivity contribution is -0.126. The number of furan rings is 1. The van der Waals surface area contributed by atoms with Crippen LogP contribution in [0, 0.1) is 11.7 Å². The van der Waals surface area contributed by atoms with E-state index in [1.54, 1.807) is 17.0 Å². The minimum Gasteiger partial charge on any atom is -0.459 e. The molecule has 0 bridgehead atoms. The van der Waals surface area contributed by atoms with Crippen molar-refractivity contribution in [2.45, 2.75) is 12.8 Å². The Morgan fingerprint density at radius 1 is 1.11 bits per heavy atom. The van der Waals surface area contributed by atoms with E-state index < -0.39 is 5.82 Å². The minimum atomic E-state index is -0.397. The molecular weight excluding hydrogens is 365 g/mol. The van der Waals surface area contributed by atoms with E-state index in [2.05, 4.69) is 10.6 Å². The number of halogens is 1. The molecule has 0 radical (unpaired) electrons. The van der Waals surface area contributed by atoms with Crippen LogP contribution in [0.4, 0.5) is 4.39 Å². The first-order chi connectivity index (χ1) is 13.5. The monoisotopic (exact) mass is 387 g/mol. The second-order valence-corrected chi connectivity index (χ2v) is 6.62. The zero-order valence-electron chi connectivity index (χ0n) is 15.3. The number of nitrogens with zero attached hydrogens (tertiary/aromatic N) is 1. The van der Waals surface area contributed by atoms with Crippen molar-refractivity contribution in [3.63, 3.8) is 0 Å². The van der Waals surface area contributed by atoms with Crippen LogP contribution in [-0.2, 0) is 4.79 Å². The standard InChI is InChI=1S/C20H22FN3O4/c21-16-7-5-14(6-8-16)20(27)24-11-1-3-15(13-24)18(25)22-9-10-23-19(26)17-4-2-12-28-17/h2,4-8,12,15H,1,3,9-11,13H2,(H,22,25)(H,23,26). The fourth-order valence-electron chi connectivity index (χ4n) is 3.15. The van der Waals surface area contributed by atoms with Crippen molar-refractivity contribution >= 4 is 17.7 Å². The van der Waals surface area contributed by atoms with E-state index in [-0.39, 0.29) is 42.5 Å². The second-order valence-electron chi connectivity index (χ2n) is 6.62. The van der Waals surface area contributed by atoms with Crippen LogP contribution in [0.2, 0.25) is 0 Å². The molecule has 28 heavy (non-hydrogen) atoms. The third-order valence-corrected chi connectivity index (χ3v) is 4.63. The number of hydrogen-bond acceptors (Lipinski definition) is 4. The van der Waals surface area contributed by atoms with Gasteiger partial charge in [-0.2, -0.15) is 0 Å². The van der Waals surface area contributed by atoms with Crippen LogP contribution >= 0.6 is 0 Å². The number of hydrogen-bond donors (Lipinski definition) is 2. The molecule has 1 aliphatic rings. The zero-order chi connectivity index (χ0) is 19.9. The van der Waals surface area contributed by atoms with Crippen LogP contribution in [0.1, 0.15) is 33.8 Å². The van der Waals surface area contributed by atoms with Crippen molar-refractivity contribution in [1.82, 2.24) is 15.5 Å². The maximum absolute atomic E-state index is 13.0. The summed E-state index contributed by atoms with van der Waals surface area (Å²) in [6.45, 7) is 1.45. The van der Waals surface area contributed by atoms with Gasteiger partial charge in [0.05, 0.1) is 12.2 Å². The number of carbonyl (C=O) groups excluding carboxylic acids is 3. The number of benzene rings is 1. The number of amides is 3. The van der Waals surface area contributed by atoms with E-state index in [0.717, 1.165) is 6.42 Å². The van der Waals surface area contributed by atoms with Gasteiger partial charge in [-0.3, -0.25) is 14.4 Å². The van der Waals surface area contributed by atoms with Crippen molar-refractivity contribution in [2.75, 3.05) is 26.2 Å². The van der Waals surface area contributed by atoms with Crippen LogP contribution in [0.3, 0.4) is 0 Å². The summed E-state index contributed by atoms with van der Waals surface area (Å²) in [5, 5.41) is 5.44. The molecule has 1 aromatic heterocycles. The fourth-order valence-corrected chi connectivity index (χ4v) is 3.15. The molecule has 0 aliphatic carbocycles. The molecule has 1 unspecified atom stereocenters. The van der Waals surface area contributed by atoms with Gasteiger partial charge in [0.25, 0.3) is 11.8 Å². The summed E-state index contributed by atoms with van der Waals surface area (Å²) in [5.74, 6) is -1.18. The van der Waals surface area contributed by atoms with Crippen LogP contribution in [0.25, 0.3) is 0 Å². The van der Waals surface area contributed by atoms with Gasteiger partial charge in [0.1, 0.15) is 5.82 Å². The first kappa shape index (κ1) is 19.6. The molecule has 0 saturated carbocycles. The largest absolute Gasteiger partial charge is 0.459 e. The first-order valence-corrected chi connectivity index (χ1v) is 9.19. The molecule has 7 nitrogen and oxygen atoms in total. The SMILES string of the molecule is O=C(NCCNC(=O)C1CCCN(C(=O)c2ccc(F)cc2)C1)c1ccco1. The highest BCUT2D eigenvalue weighted by atomic mass is 19.1. The van der Waals surface area contributed by atoms with Crippen LogP contribution < -0.4 is 10.6 Å². The zero-order valence-corrected chi connectivity index (χ0v) is 15.3. The highest BCUT2D eigenvalue weighted by molar-refractivity contribution is 5.94. The van der Waals surface area contributed by atoms with Gasteiger partial charge in [0.2, 0.25) is 5.91 Å². The number of likely N-dealkylation sites (tertiary alicyclic amines) is 1. The van der Waals surface area contributed by atoms with Crippen LogP contribution in [-0.4, -0.2) is 48.8 Å². The molecule has 1 saturated heterocycles. The normalized spacial score (nSPS) is 16.5. The average Bonchev–Trinajstić information content (AvgIpc) is 3.26. The lowest BCUT2D eigenvalue weighted by Crippen LogP contribution is -2.46. The minimum absolute atomic E-state index is 0.149. The first-order valence-electron chi connectivity index (χ1n) is 9.19. The summed E-state index contributed by atoms with van der Waals surface area (Å²) in [6.07, 6.45) is 2.83. The van der Waals surface area contributed by atoms with E-state index in [1.807, 2.05) is 0 Å². The quantitative estimate of drug-likeness (QED) is 0.740. The Labute approximate surface area is 161 Å². The summed E-state index contributed by atoms with van der Waals surface area (Å²) >= 11 is 0. The van der Waals surface area contributed by atoms with E-state index >= 15 is 0 Å². The Kier molecular flexibility index (Phi) is 6.41. The molecule has 3 amide bonds. The molecule has 2 N–H and O–H groups in total. The Balaban J connectivity index is 1.44. The lowest BCUT2D eigenvalue weighted by atomic mass is 9.96. The van der Waals surface area contributed by atoms with Crippen molar-refractivity contribution in [2.24, 2.45) is 5.92 Å². The van der Waals surface area contributed by atoms with Crippen molar-refractivity contribution in [3.05, 3.63) is 59.8 Å². The predicted molar refractivity (Wildman–Crippen MR) is 99.1 cm³/mol. The Morgan fingerprint density at radius 3 is 2.57 bits per heavy atom. The van der Waals surface area contributed by atoms with Gasteiger partial charge in [-0.1, -0.05) is 0 Å². The molecule has 1 atom stereocenters. The molecule has 1 aliphatic heterocycles. The predicted octanol–water partition coefficient (Wildman–Crippen LogP) is 1.82. The van der Waals surface area contributed by atoms with Crippen molar-refractivity contribution in [1.29, 1.82) is 0 Å². The van der Waals surface area contributed by atoms with E-state index in [9.17, 15) is 18.8 Å². The van der Waals surface area contributed by atoms with Gasteiger partial charge in [-0.05, 0) is 49.2 Å². The molecule has 2 heterocycles. The van der Waals surface area contributed by atoms with Gasteiger partial charge >= 0.3 is 0 Å². The third-order valence-electron chi connectivity index (χ3n) is 4.63. The summed E-state index contributed by atoms with van der Waals surface area (Å²) in [5.41, 5.74) is 0.406. The van der Waals surface area contributed by atoms with Crippen LogP contribution in [0.15, 0.2) is 47.1 Å². The number of nitrogens with one attached hydrogen (secondary N) is 2. The maximum Gasteiger partial charge on any atom is 0.287 e. The molecule has 148 valence electrons. The summed E-state index contributed by atoms with van der Waals surface area (Å²) in [4.78, 5) is 38.3. The van der Waals surface area contributed by atoms with Gasteiger partial charge < -0.3 is 20.0 Å². The Morgan fingerprint density at radius 2 is 1.86 bits per heavy atom. The molecule has 8 heteroatoms. The van der Waals surface area contributed by atoms with Crippen molar-refractivity contribution < 1.29 is 23.2 Å². The van der Waals surface area contributed by atoms with Crippen molar-refractivity contribution in [3.8, 4) is 0 Å². The molecule has 1 aromatic carbocycles. The second kappa shape index (κ2) is 9.16. The lowest BCUT2D eigenvalue weighted by Gasteiger charge is -2.32. The Bertz CT molecular complexity index is 820. The van der Waals surface area contributed by atoms with Gasteiger partial charge in [0, 0.05) is 31.7 Å². The number of piperidine rings is 1. The molecule has 1 fully saturated rings. The smallest absolute Gasteiger partial charge is 0.287 e. The average molecular weight is 387 g/mol. The number of carbonyl (C=O) groups is 3. The fraction of sp³-hybridized carbons (Fsp3) is 0.350. The molecule has 0 spiro atoms. The summed E-state index contributed by atoms with van der Waals surface area (Å²) in [7, 11) is 0. The Hall–Kier alpha value is -3.16. The molecule has 2 aromatic rings. The molecule has 3 rings (SSSR count). The van der Waals surface area contributed by atoms with Gasteiger partial charge in [-0.25, -0.2) is 4.39 Å². The highest BCUT2D eigenvalue weighted by Crippen LogP contribution is 2.19. The van der Waals surface area contributed by atoms with Gasteiger partial charge in [0.15, 0.2) is 5.76 Å². The maximum atomic E-state index is 13.0. The summed E-state index contributed by atoms with van der Waals surface area (Å²) in [6, 6.07) is 8.57. The van der Waals surface area contributed by atoms with Crippen LogP contribution in [0.5, 0.6) is 0 Å². The highest BCUT2D eigenvalue weighted by Gasteiger charge is 2.28. The van der Waals surface area contributed by atoms with E-state index in [0.29, 0.717) is 25.1 Å². The topological polar surface area (TPSA) is 91.7 Å².